The number of aromatic nitrogens is 2. The third-order valence-corrected chi connectivity index (χ3v) is 4.28. The summed E-state index contributed by atoms with van der Waals surface area (Å²) < 4.78 is 6.91. The number of halogens is 2. The van der Waals surface area contributed by atoms with Crippen LogP contribution in [0.5, 0.6) is 0 Å². The summed E-state index contributed by atoms with van der Waals surface area (Å²) in [4.78, 5) is 12.7. The molecule has 2 aromatic heterocycles. The lowest BCUT2D eigenvalue weighted by Crippen LogP contribution is -2.11. The molecule has 0 unspecified atom stereocenters. The number of nitrogens with zero attached hydrogens (tertiary/aromatic N) is 2. The predicted molar refractivity (Wildman–Crippen MR) is 84.7 cm³/mol. The van der Waals surface area contributed by atoms with E-state index in [9.17, 15) is 4.79 Å². The normalized spacial score (nSPS) is 10.6. The van der Waals surface area contributed by atoms with Gasteiger partial charge in [0.05, 0.1) is 9.21 Å². The van der Waals surface area contributed by atoms with E-state index in [4.69, 9.17) is 16.0 Å². The SMILES string of the molecule is O=C(Nc1nnc(-c2ccc(Cl)s2)o1)c1ccc(Br)cc1. The summed E-state index contributed by atoms with van der Waals surface area (Å²) >= 11 is 10.5. The third-order valence-electron chi connectivity index (χ3n) is 2.54. The summed E-state index contributed by atoms with van der Waals surface area (Å²) in [6.45, 7) is 0. The predicted octanol–water partition coefficient (Wildman–Crippen LogP) is 4.47. The van der Waals surface area contributed by atoms with Crippen LogP contribution >= 0.6 is 38.9 Å². The van der Waals surface area contributed by atoms with Gasteiger partial charge in [0.1, 0.15) is 0 Å². The molecule has 1 N–H and O–H groups in total. The smallest absolute Gasteiger partial charge is 0.322 e. The van der Waals surface area contributed by atoms with Crippen molar-refractivity contribution in [2.75, 3.05) is 5.32 Å². The zero-order valence-corrected chi connectivity index (χ0v) is 13.5. The zero-order valence-electron chi connectivity index (χ0n) is 10.3. The number of hydrogen-bond donors (Lipinski definition) is 1. The molecule has 5 nitrogen and oxygen atoms in total. The molecular formula is C13H7BrClN3O2S. The van der Waals surface area contributed by atoms with Gasteiger partial charge in [-0.15, -0.1) is 16.4 Å². The summed E-state index contributed by atoms with van der Waals surface area (Å²) in [6, 6.07) is 10.5. The van der Waals surface area contributed by atoms with Gasteiger partial charge in [0.25, 0.3) is 11.8 Å². The topological polar surface area (TPSA) is 68.0 Å². The van der Waals surface area contributed by atoms with Gasteiger partial charge in [-0.1, -0.05) is 32.6 Å². The quantitative estimate of drug-likeness (QED) is 0.723. The van der Waals surface area contributed by atoms with Crippen LogP contribution in [-0.4, -0.2) is 16.1 Å². The van der Waals surface area contributed by atoms with Crippen molar-refractivity contribution in [2.24, 2.45) is 0 Å². The van der Waals surface area contributed by atoms with E-state index >= 15 is 0 Å². The van der Waals surface area contributed by atoms with Crippen molar-refractivity contribution in [1.29, 1.82) is 0 Å². The molecule has 0 spiro atoms. The van der Waals surface area contributed by atoms with E-state index in [0.717, 1.165) is 9.35 Å². The molecular weight excluding hydrogens is 378 g/mol. The lowest BCUT2D eigenvalue weighted by Gasteiger charge is -2.00. The Morgan fingerprint density at radius 3 is 2.62 bits per heavy atom. The number of benzene rings is 1. The van der Waals surface area contributed by atoms with Crippen LogP contribution in [0.2, 0.25) is 4.34 Å². The number of nitrogens with one attached hydrogen (secondary N) is 1. The zero-order chi connectivity index (χ0) is 14.8. The minimum Gasteiger partial charge on any atom is -0.402 e. The molecule has 106 valence electrons. The van der Waals surface area contributed by atoms with Crippen molar-refractivity contribution in [1.82, 2.24) is 10.2 Å². The summed E-state index contributed by atoms with van der Waals surface area (Å²) in [5.74, 6) is -0.0000758. The van der Waals surface area contributed by atoms with Crippen LogP contribution in [0.25, 0.3) is 10.8 Å². The van der Waals surface area contributed by atoms with Gasteiger partial charge >= 0.3 is 6.01 Å². The molecule has 0 saturated carbocycles. The maximum absolute atomic E-state index is 12.0. The number of carbonyl (C=O) groups excluding carboxylic acids is 1. The standard InChI is InChI=1S/C13H7BrClN3O2S/c14-8-3-1-7(2-4-8)11(19)16-13-18-17-12(20-13)9-5-6-10(15)21-9/h1-6H,(H,16,18,19). The van der Waals surface area contributed by atoms with Gasteiger partial charge in [0.2, 0.25) is 0 Å². The first-order chi connectivity index (χ1) is 10.1. The Morgan fingerprint density at radius 2 is 1.95 bits per heavy atom. The van der Waals surface area contributed by atoms with E-state index in [1.54, 1.807) is 36.4 Å². The molecule has 0 bridgehead atoms. The molecule has 8 heteroatoms. The maximum atomic E-state index is 12.0. The molecule has 1 aromatic carbocycles. The van der Waals surface area contributed by atoms with Crippen molar-refractivity contribution in [3.8, 4) is 10.8 Å². The van der Waals surface area contributed by atoms with Gasteiger partial charge in [0, 0.05) is 10.0 Å². The van der Waals surface area contributed by atoms with Gasteiger partial charge in [0.15, 0.2) is 0 Å². The third kappa shape index (κ3) is 3.31. The van der Waals surface area contributed by atoms with Crippen LogP contribution in [0.1, 0.15) is 10.4 Å². The summed E-state index contributed by atoms with van der Waals surface area (Å²) in [5.41, 5.74) is 0.497. The lowest BCUT2D eigenvalue weighted by atomic mass is 10.2. The average molecular weight is 385 g/mol. The highest BCUT2D eigenvalue weighted by atomic mass is 79.9. The highest BCUT2D eigenvalue weighted by Gasteiger charge is 2.13. The Balaban J connectivity index is 1.75. The van der Waals surface area contributed by atoms with Crippen LogP contribution < -0.4 is 5.32 Å². The number of amides is 1. The number of rotatable bonds is 3. The molecule has 0 saturated heterocycles. The Kier molecular flexibility index (Phi) is 4.05. The van der Waals surface area contributed by atoms with E-state index in [0.29, 0.717) is 15.8 Å². The molecule has 2 heterocycles. The first-order valence-corrected chi connectivity index (χ1v) is 7.77. The summed E-state index contributed by atoms with van der Waals surface area (Å²) in [6.07, 6.45) is 0. The molecule has 0 aliphatic carbocycles. The van der Waals surface area contributed by atoms with E-state index in [2.05, 4.69) is 31.4 Å². The highest BCUT2D eigenvalue weighted by molar-refractivity contribution is 9.10. The van der Waals surface area contributed by atoms with Crippen LogP contribution in [0.4, 0.5) is 6.01 Å². The van der Waals surface area contributed by atoms with Crippen molar-refractivity contribution in [3.63, 3.8) is 0 Å². The molecule has 1 amide bonds. The number of carbonyl (C=O) groups is 1. The van der Waals surface area contributed by atoms with Gasteiger partial charge in [-0.05, 0) is 36.4 Å². The molecule has 21 heavy (non-hydrogen) atoms. The van der Waals surface area contributed by atoms with E-state index in [1.807, 2.05) is 0 Å². The molecule has 0 atom stereocenters. The Hall–Kier alpha value is -1.70. The maximum Gasteiger partial charge on any atom is 0.322 e. The Morgan fingerprint density at radius 1 is 1.19 bits per heavy atom. The summed E-state index contributed by atoms with van der Waals surface area (Å²) in [5, 5.41) is 10.2. The Bertz CT molecular complexity index is 785. The largest absolute Gasteiger partial charge is 0.402 e. The second kappa shape index (κ2) is 5.97. The van der Waals surface area contributed by atoms with E-state index < -0.39 is 0 Å². The molecule has 0 radical (unpaired) electrons. The van der Waals surface area contributed by atoms with Crippen molar-refractivity contribution in [2.45, 2.75) is 0 Å². The first-order valence-electron chi connectivity index (χ1n) is 5.78. The highest BCUT2D eigenvalue weighted by Crippen LogP contribution is 2.30. The molecule has 0 aliphatic heterocycles. The monoisotopic (exact) mass is 383 g/mol. The first kappa shape index (κ1) is 14.2. The second-order valence-electron chi connectivity index (χ2n) is 3.98. The van der Waals surface area contributed by atoms with Gasteiger partial charge < -0.3 is 4.42 Å². The molecule has 0 fully saturated rings. The van der Waals surface area contributed by atoms with E-state index in [1.165, 1.54) is 11.3 Å². The fourth-order valence-corrected chi connectivity index (χ4v) is 2.80. The fourth-order valence-electron chi connectivity index (χ4n) is 1.57. The number of anilines is 1. The van der Waals surface area contributed by atoms with Crippen LogP contribution in [-0.2, 0) is 0 Å². The van der Waals surface area contributed by atoms with E-state index in [-0.39, 0.29) is 11.9 Å². The van der Waals surface area contributed by atoms with Crippen LogP contribution in [0.3, 0.4) is 0 Å². The molecule has 3 rings (SSSR count). The van der Waals surface area contributed by atoms with Gasteiger partial charge in [-0.3, -0.25) is 10.1 Å². The number of thiophene rings is 1. The van der Waals surface area contributed by atoms with Crippen LogP contribution in [0.15, 0.2) is 45.3 Å². The fraction of sp³-hybridized carbons (Fsp3) is 0. The lowest BCUT2D eigenvalue weighted by molar-refractivity contribution is 0.102. The Labute approximate surface area is 137 Å². The average Bonchev–Trinajstić information content (AvgIpc) is 3.08. The second-order valence-corrected chi connectivity index (χ2v) is 6.61. The minimum atomic E-state index is -0.318. The van der Waals surface area contributed by atoms with Crippen LogP contribution in [0, 0.1) is 0 Å². The van der Waals surface area contributed by atoms with Crippen molar-refractivity contribution < 1.29 is 9.21 Å². The van der Waals surface area contributed by atoms with Crippen molar-refractivity contribution in [3.05, 3.63) is 50.8 Å². The number of hydrogen-bond acceptors (Lipinski definition) is 5. The molecule has 3 aromatic rings. The summed E-state index contributed by atoms with van der Waals surface area (Å²) in [7, 11) is 0. The van der Waals surface area contributed by atoms with Gasteiger partial charge in [-0.25, -0.2) is 0 Å². The minimum absolute atomic E-state index is 0.0439. The molecule has 0 aliphatic rings. The van der Waals surface area contributed by atoms with Crippen molar-refractivity contribution >= 4 is 50.8 Å². The van der Waals surface area contributed by atoms with Gasteiger partial charge in [-0.2, -0.15) is 0 Å².